The third-order valence-corrected chi connectivity index (χ3v) is 2.44. The van der Waals surface area contributed by atoms with E-state index in [-0.39, 0.29) is 16.9 Å². The number of alkyl halides is 3. The lowest BCUT2D eigenvalue weighted by Gasteiger charge is -2.09. The van der Waals surface area contributed by atoms with E-state index in [4.69, 9.17) is 5.73 Å². The monoisotopic (exact) mass is 291 g/mol. The molecular weight excluding hydrogens is 287 g/mol. The van der Waals surface area contributed by atoms with E-state index < -0.39 is 11.9 Å². The number of rotatable bonds is 0. The predicted octanol–water partition coefficient (Wildman–Crippen LogP) is 2.99. The van der Waals surface area contributed by atoms with Crippen LogP contribution in [0.4, 0.5) is 19.1 Å². The number of nitrogens with zero attached hydrogens (tertiary/aromatic N) is 2. The number of hydrogen-bond acceptors (Lipinski definition) is 3. The molecule has 3 nitrogen and oxygen atoms in total. The molecule has 0 unspecified atom stereocenters. The zero-order chi connectivity index (χ0) is 11.9. The van der Waals surface area contributed by atoms with Crippen molar-refractivity contribution < 1.29 is 13.2 Å². The summed E-state index contributed by atoms with van der Waals surface area (Å²) in [5.41, 5.74) is 4.38. The standard InChI is InChI=1S/C9H5BrF3N3/c10-4-1-2-6-5(3-4)7(9(11,12)13)16-8(14)15-6/h1-3H,(H2,14,15,16). The number of nitrogen functional groups attached to an aromatic ring is 1. The van der Waals surface area contributed by atoms with E-state index in [1.54, 1.807) is 6.07 Å². The van der Waals surface area contributed by atoms with Crippen LogP contribution in [0.25, 0.3) is 10.9 Å². The molecule has 0 saturated heterocycles. The fourth-order valence-electron chi connectivity index (χ4n) is 1.33. The van der Waals surface area contributed by atoms with Crippen LogP contribution in [0.1, 0.15) is 5.69 Å². The third kappa shape index (κ3) is 1.95. The van der Waals surface area contributed by atoms with E-state index in [0.717, 1.165) is 0 Å². The summed E-state index contributed by atoms with van der Waals surface area (Å²) in [4.78, 5) is 6.97. The van der Waals surface area contributed by atoms with Crippen LogP contribution in [0.3, 0.4) is 0 Å². The van der Waals surface area contributed by atoms with Crippen molar-refractivity contribution >= 4 is 32.8 Å². The number of halogens is 4. The SMILES string of the molecule is Nc1nc(C(F)(F)F)c2cc(Br)ccc2n1. The Morgan fingerprint density at radius 1 is 1.19 bits per heavy atom. The van der Waals surface area contributed by atoms with Gasteiger partial charge in [-0.2, -0.15) is 13.2 Å². The number of anilines is 1. The quantitative estimate of drug-likeness (QED) is 0.812. The molecule has 0 atom stereocenters. The molecule has 0 fully saturated rings. The van der Waals surface area contributed by atoms with E-state index in [9.17, 15) is 13.2 Å². The van der Waals surface area contributed by atoms with Gasteiger partial charge in [0.2, 0.25) is 5.95 Å². The molecule has 0 saturated carbocycles. The highest BCUT2D eigenvalue weighted by Gasteiger charge is 2.35. The minimum absolute atomic E-state index is 0.0731. The summed E-state index contributed by atoms with van der Waals surface area (Å²) in [7, 11) is 0. The summed E-state index contributed by atoms with van der Waals surface area (Å²) in [6.07, 6.45) is -4.55. The van der Waals surface area contributed by atoms with E-state index in [2.05, 4.69) is 25.9 Å². The molecule has 1 aromatic heterocycles. The second kappa shape index (κ2) is 3.58. The van der Waals surface area contributed by atoms with Gasteiger partial charge in [0.05, 0.1) is 5.52 Å². The minimum Gasteiger partial charge on any atom is -0.368 e. The number of benzene rings is 1. The van der Waals surface area contributed by atoms with Crippen LogP contribution < -0.4 is 5.73 Å². The highest BCUT2D eigenvalue weighted by Crippen LogP contribution is 2.34. The van der Waals surface area contributed by atoms with Gasteiger partial charge in [-0.15, -0.1) is 0 Å². The fourth-order valence-corrected chi connectivity index (χ4v) is 1.70. The highest BCUT2D eigenvalue weighted by molar-refractivity contribution is 9.10. The van der Waals surface area contributed by atoms with Crippen LogP contribution in [0, 0.1) is 0 Å². The molecule has 0 aliphatic carbocycles. The van der Waals surface area contributed by atoms with Gasteiger partial charge in [-0.3, -0.25) is 0 Å². The summed E-state index contributed by atoms with van der Waals surface area (Å²) in [5, 5.41) is -0.0731. The van der Waals surface area contributed by atoms with Gasteiger partial charge in [0.1, 0.15) is 0 Å². The normalized spacial score (nSPS) is 12.0. The smallest absolute Gasteiger partial charge is 0.368 e. The van der Waals surface area contributed by atoms with Gasteiger partial charge in [-0.25, -0.2) is 9.97 Å². The Morgan fingerprint density at radius 3 is 2.50 bits per heavy atom. The maximum Gasteiger partial charge on any atom is 0.434 e. The Kier molecular flexibility index (Phi) is 2.49. The van der Waals surface area contributed by atoms with Crippen LogP contribution in [0.5, 0.6) is 0 Å². The summed E-state index contributed by atoms with van der Waals surface area (Å²) in [6.45, 7) is 0. The van der Waals surface area contributed by atoms with Gasteiger partial charge in [-0.1, -0.05) is 15.9 Å². The van der Waals surface area contributed by atoms with Crippen LogP contribution in [-0.2, 0) is 6.18 Å². The molecule has 2 N–H and O–H groups in total. The first-order valence-electron chi connectivity index (χ1n) is 4.18. The molecule has 16 heavy (non-hydrogen) atoms. The van der Waals surface area contributed by atoms with Crippen LogP contribution in [-0.4, -0.2) is 9.97 Å². The Labute approximate surface area is 96.6 Å². The molecule has 0 radical (unpaired) electrons. The second-order valence-corrected chi connectivity index (χ2v) is 4.01. The molecule has 2 rings (SSSR count). The van der Waals surface area contributed by atoms with Gasteiger partial charge in [0.15, 0.2) is 5.69 Å². The fraction of sp³-hybridized carbons (Fsp3) is 0.111. The van der Waals surface area contributed by atoms with Gasteiger partial charge < -0.3 is 5.73 Å². The average Bonchev–Trinajstić information content (AvgIpc) is 2.16. The molecule has 84 valence electrons. The molecule has 0 aliphatic rings. The second-order valence-electron chi connectivity index (χ2n) is 3.09. The summed E-state index contributed by atoms with van der Waals surface area (Å²) in [6, 6.07) is 4.36. The van der Waals surface area contributed by atoms with Crippen molar-refractivity contribution in [3.8, 4) is 0 Å². The number of fused-ring (bicyclic) bond motifs is 1. The van der Waals surface area contributed by atoms with Crippen molar-refractivity contribution in [3.05, 3.63) is 28.4 Å². The van der Waals surface area contributed by atoms with Crippen molar-refractivity contribution in [2.24, 2.45) is 0 Å². The van der Waals surface area contributed by atoms with Crippen molar-refractivity contribution in [3.63, 3.8) is 0 Å². The largest absolute Gasteiger partial charge is 0.434 e. The van der Waals surface area contributed by atoms with Crippen LogP contribution >= 0.6 is 15.9 Å². The molecule has 0 aliphatic heterocycles. The number of nitrogens with two attached hydrogens (primary N) is 1. The molecule has 0 spiro atoms. The van der Waals surface area contributed by atoms with Crippen molar-refractivity contribution in [2.45, 2.75) is 6.18 Å². The zero-order valence-electron chi connectivity index (χ0n) is 7.72. The molecule has 1 heterocycles. The maximum absolute atomic E-state index is 12.7. The number of aromatic nitrogens is 2. The van der Waals surface area contributed by atoms with E-state index >= 15 is 0 Å². The molecule has 2 aromatic rings. The van der Waals surface area contributed by atoms with E-state index in [1.807, 2.05) is 0 Å². The Balaban J connectivity index is 2.85. The average molecular weight is 292 g/mol. The molecular formula is C9H5BrF3N3. The van der Waals surface area contributed by atoms with E-state index in [1.165, 1.54) is 12.1 Å². The third-order valence-electron chi connectivity index (χ3n) is 1.94. The van der Waals surface area contributed by atoms with Gasteiger partial charge in [0, 0.05) is 9.86 Å². The first kappa shape index (κ1) is 11.1. The van der Waals surface area contributed by atoms with Crippen molar-refractivity contribution in [2.75, 3.05) is 5.73 Å². The van der Waals surface area contributed by atoms with Crippen molar-refractivity contribution in [1.29, 1.82) is 0 Å². The minimum atomic E-state index is -4.55. The zero-order valence-corrected chi connectivity index (χ0v) is 9.30. The summed E-state index contributed by atoms with van der Waals surface area (Å²) in [5.74, 6) is -0.387. The maximum atomic E-state index is 12.7. The Morgan fingerprint density at radius 2 is 1.88 bits per heavy atom. The topological polar surface area (TPSA) is 51.8 Å². The first-order valence-corrected chi connectivity index (χ1v) is 4.97. The van der Waals surface area contributed by atoms with Crippen LogP contribution in [0.2, 0.25) is 0 Å². The lowest BCUT2D eigenvalue weighted by Crippen LogP contribution is -2.11. The van der Waals surface area contributed by atoms with Gasteiger partial charge in [-0.05, 0) is 18.2 Å². The van der Waals surface area contributed by atoms with Crippen LogP contribution in [0.15, 0.2) is 22.7 Å². The molecule has 0 bridgehead atoms. The lowest BCUT2D eigenvalue weighted by atomic mass is 10.2. The van der Waals surface area contributed by atoms with Gasteiger partial charge >= 0.3 is 6.18 Å². The predicted molar refractivity (Wildman–Crippen MR) is 56.7 cm³/mol. The Bertz CT molecular complexity index is 553. The lowest BCUT2D eigenvalue weighted by molar-refractivity contribution is -0.139. The number of hydrogen-bond donors (Lipinski definition) is 1. The highest BCUT2D eigenvalue weighted by atomic mass is 79.9. The molecule has 7 heteroatoms. The Hall–Kier alpha value is -1.37. The first-order chi connectivity index (χ1) is 7.38. The molecule has 0 amide bonds. The molecule has 1 aromatic carbocycles. The van der Waals surface area contributed by atoms with E-state index in [0.29, 0.717) is 4.47 Å². The van der Waals surface area contributed by atoms with Crippen molar-refractivity contribution in [1.82, 2.24) is 9.97 Å². The summed E-state index contributed by atoms with van der Waals surface area (Å²) >= 11 is 3.10. The van der Waals surface area contributed by atoms with Gasteiger partial charge in [0.25, 0.3) is 0 Å². The summed E-state index contributed by atoms with van der Waals surface area (Å²) < 4.78 is 38.5.